The number of hydrogen-bond acceptors (Lipinski definition) is 2. The zero-order valence-electron chi connectivity index (χ0n) is 15.3. The van der Waals surface area contributed by atoms with Crippen LogP contribution in [-0.4, -0.2) is 24.5 Å². The predicted molar refractivity (Wildman–Crippen MR) is 108 cm³/mol. The van der Waals surface area contributed by atoms with Crippen LogP contribution in [0.1, 0.15) is 29.7 Å². The van der Waals surface area contributed by atoms with Crippen LogP contribution in [0.25, 0.3) is 0 Å². The van der Waals surface area contributed by atoms with Crippen molar-refractivity contribution in [2.24, 2.45) is 0 Å². The number of likely N-dealkylation sites (N-methyl/N-ethyl adjacent to an activating group) is 1. The van der Waals surface area contributed by atoms with Gasteiger partial charge in [-0.15, -0.1) is 0 Å². The number of rotatable bonds is 4. The lowest BCUT2D eigenvalue weighted by molar-refractivity contribution is 0.0529. The fraction of sp³-hybridized carbons (Fsp3) is 0.250. The van der Waals surface area contributed by atoms with Crippen molar-refractivity contribution in [1.82, 2.24) is 10.2 Å². The molecule has 3 aromatic rings. The normalized spacial score (nSPS) is 20.0. The summed E-state index contributed by atoms with van der Waals surface area (Å²) in [7, 11) is 0. The lowest BCUT2D eigenvalue weighted by atomic mass is 9.71. The van der Waals surface area contributed by atoms with E-state index in [4.69, 9.17) is 0 Å². The Labute approximate surface area is 156 Å². The Morgan fingerprint density at radius 2 is 1.31 bits per heavy atom. The highest BCUT2D eigenvalue weighted by Gasteiger charge is 2.48. The number of nitrogens with one attached hydrogen (secondary N) is 1. The van der Waals surface area contributed by atoms with E-state index in [1.54, 1.807) is 0 Å². The van der Waals surface area contributed by atoms with Gasteiger partial charge >= 0.3 is 0 Å². The molecule has 1 N–H and O–H groups in total. The van der Waals surface area contributed by atoms with Crippen LogP contribution in [0.2, 0.25) is 0 Å². The standard InChI is InChI=1S/C24H26N2/c1-2-26-19-18-25-23(20-12-6-3-7-13-20)24(26,21-14-8-4-9-15-21)22-16-10-5-11-17-22/h3-17,23,25H,2,18-19H2,1H3. The first-order chi connectivity index (χ1) is 12.9. The maximum absolute atomic E-state index is 3.85. The molecule has 1 heterocycles. The molecule has 0 amide bonds. The zero-order valence-corrected chi connectivity index (χ0v) is 15.3. The van der Waals surface area contributed by atoms with Crippen molar-refractivity contribution in [2.45, 2.75) is 18.5 Å². The van der Waals surface area contributed by atoms with Crippen LogP contribution in [-0.2, 0) is 5.54 Å². The largest absolute Gasteiger partial charge is 0.307 e. The van der Waals surface area contributed by atoms with Crippen LogP contribution >= 0.6 is 0 Å². The average Bonchev–Trinajstić information content (AvgIpc) is 2.75. The van der Waals surface area contributed by atoms with Gasteiger partial charge in [0.2, 0.25) is 0 Å². The van der Waals surface area contributed by atoms with Crippen LogP contribution < -0.4 is 5.32 Å². The smallest absolute Gasteiger partial charge is 0.0913 e. The Balaban J connectivity index is 2.00. The molecule has 132 valence electrons. The van der Waals surface area contributed by atoms with Gasteiger partial charge in [-0.2, -0.15) is 0 Å². The molecule has 0 radical (unpaired) electrons. The van der Waals surface area contributed by atoms with E-state index in [0.29, 0.717) is 0 Å². The first-order valence-electron chi connectivity index (χ1n) is 9.51. The molecule has 1 atom stereocenters. The molecule has 4 rings (SSSR count). The summed E-state index contributed by atoms with van der Waals surface area (Å²) in [5.74, 6) is 0. The first-order valence-corrected chi connectivity index (χ1v) is 9.51. The van der Waals surface area contributed by atoms with Gasteiger partial charge in [0.1, 0.15) is 0 Å². The zero-order chi connectivity index (χ0) is 17.8. The molecular formula is C24H26N2. The van der Waals surface area contributed by atoms with E-state index in [1.165, 1.54) is 16.7 Å². The highest BCUT2D eigenvalue weighted by molar-refractivity contribution is 5.44. The monoisotopic (exact) mass is 342 g/mol. The average molecular weight is 342 g/mol. The van der Waals surface area contributed by atoms with E-state index < -0.39 is 0 Å². The van der Waals surface area contributed by atoms with Crippen molar-refractivity contribution in [2.75, 3.05) is 19.6 Å². The Bertz CT molecular complexity index is 775. The second-order valence-corrected chi connectivity index (χ2v) is 6.88. The minimum Gasteiger partial charge on any atom is -0.307 e. The van der Waals surface area contributed by atoms with Gasteiger partial charge in [0.25, 0.3) is 0 Å². The number of benzene rings is 3. The lowest BCUT2D eigenvalue weighted by Gasteiger charge is -2.53. The van der Waals surface area contributed by atoms with Crippen molar-refractivity contribution < 1.29 is 0 Å². The highest BCUT2D eigenvalue weighted by Crippen LogP contribution is 2.47. The predicted octanol–water partition coefficient (Wildman–Crippen LogP) is 4.60. The van der Waals surface area contributed by atoms with E-state index in [0.717, 1.165) is 19.6 Å². The van der Waals surface area contributed by atoms with E-state index in [9.17, 15) is 0 Å². The van der Waals surface area contributed by atoms with Crippen LogP contribution in [0.15, 0.2) is 91.0 Å². The summed E-state index contributed by atoms with van der Waals surface area (Å²) in [6.07, 6.45) is 0. The van der Waals surface area contributed by atoms with Gasteiger partial charge in [-0.1, -0.05) is 97.9 Å². The van der Waals surface area contributed by atoms with Crippen molar-refractivity contribution in [1.29, 1.82) is 0 Å². The van der Waals surface area contributed by atoms with Crippen molar-refractivity contribution >= 4 is 0 Å². The van der Waals surface area contributed by atoms with E-state index in [1.807, 2.05) is 0 Å². The van der Waals surface area contributed by atoms with Gasteiger partial charge in [-0.25, -0.2) is 0 Å². The molecule has 1 aliphatic heterocycles. The summed E-state index contributed by atoms with van der Waals surface area (Å²) >= 11 is 0. The Hall–Kier alpha value is -2.42. The van der Waals surface area contributed by atoms with Gasteiger partial charge in [-0.3, -0.25) is 4.90 Å². The molecule has 0 aromatic heterocycles. The Morgan fingerprint density at radius 1 is 0.808 bits per heavy atom. The second-order valence-electron chi connectivity index (χ2n) is 6.88. The van der Waals surface area contributed by atoms with Crippen LogP contribution in [0.4, 0.5) is 0 Å². The second kappa shape index (κ2) is 7.45. The SMILES string of the molecule is CCN1CCNC(c2ccccc2)C1(c1ccccc1)c1ccccc1. The maximum atomic E-state index is 3.85. The summed E-state index contributed by atoms with van der Waals surface area (Å²) in [5.41, 5.74) is 3.79. The third-order valence-corrected chi connectivity index (χ3v) is 5.59. The van der Waals surface area contributed by atoms with Crippen molar-refractivity contribution in [3.8, 4) is 0 Å². The Kier molecular flexibility index (Phi) is 4.87. The summed E-state index contributed by atoms with van der Waals surface area (Å²) in [6, 6.07) is 33.0. The molecule has 26 heavy (non-hydrogen) atoms. The van der Waals surface area contributed by atoms with Gasteiger partial charge in [0.05, 0.1) is 11.6 Å². The molecule has 1 aliphatic rings. The number of hydrogen-bond donors (Lipinski definition) is 1. The fourth-order valence-corrected chi connectivity index (χ4v) is 4.51. The third kappa shape index (κ3) is 2.76. The number of nitrogens with zero attached hydrogens (tertiary/aromatic N) is 1. The summed E-state index contributed by atoms with van der Waals surface area (Å²) in [4.78, 5) is 2.63. The maximum Gasteiger partial charge on any atom is 0.0913 e. The van der Waals surface area contributed by atoms with Gasteiger partial charge in [-0.05, 0) is 23.2 Å². The molecule has 1 unspecified atom stereocenters. The quantitative estimate of drug-likeness (QED) is 0.745. The molecular weight excluding hydrogens is 316 g/mol. The van der Waals surface area contributed by atoms with Crippen LogP contribution in [0.5, 0.6) is 0 Å². The molecule has 3 aromatic carbocycles. The van der Waals surface area contributed by atoms with Crippen LogP contribution in [0.3, 0.4) is 0 Å². The summed E-state index contributed by atoms with van der Waals surface area (Å²) in [6.45, 7) is 5.31. The molecule has 1 saturated heterocycles. The third-order valence-electron chi connectivity index (χ3n) is 5.59. The van der Waals surface area contributed by atoms with Gasteiger partial charge in [0, 0.05) is 13.1 Å². The minimum atomic E-state index is -0.225. The lowest BCUT2D eigenvalue weighted by Crippen LogP contribution is -2.61. The van der Waals surface area contributed by atoms with Crippen molar-refractivity contribution in [3.63, 3.8) is 0 Å². The van der Waals surface area contributed by atoms with E-state index in [2.05, 4.69) is 108 Å². The fourth-order valence-electron chi connectivity index (χ4n) is 4.51. The Morgan fingerprint density at radius 3 is 1.81 bits per heavy atom. The number of piperazine rings is 1. The highest BCUT2D eigenvalue weighted by atomic mass is 15.3. The molecule has 0 bridgehead atoms. The van der Waals surface area contributed by atoms with Gasteiger partial charge in [0.15, 0.2) is 0 Å². The van der Waals surface area contributed by atoms with E-state index >= 15 is 0 Å². The molecule has 1 fully saturated rings. The van der Waals surface area contributed by atoms with E-state index in [-0.39, 0.29) is 11.6 Å². The van der Waals surface area contributed by atoms with Crippen LogP contribution in [0, 0.1) is 0 Å². The molecule has 0 aliphatic carbocycles. The van der Waals surface area contributed by atoms with Crippen molar-refractivity contribution in [3.05, 3.63) is 108 Å². The summed E-state index contributed by atoms with van der Waals surface area (Å²) in [5, 5.41) is 3.85. The van der Waals surface area contributed by atoms with Gasteiger partial charge < -0.3 is 5.32 Å². The molecule has 2 nitrogen and oxygen atoms in total. The molecule has 0 spiro atoms. The minimum absolute atomic E-state index is 0.196. The topological polar surface area (TPSA) is 15.3 Å². The molecule has 2 heteroatoms. The molecule has 0 saturated carbocycles. The first kappa shape index (κ1) is 17.0. The summed E-state index contributed by atoms with van der Waals surface area (Å²) < 4.78 is 0.